The number of anilines is 1. The molecule has 0 fully saturated rings. The van der Waals surface area contributed by atoms with E-state index < -0.39 is 0 Å². The zero-order valence-electron chi connectivity index (χ0n) is 15.7. The van der Waals surface area contributed by atoms with Crippen LogP contribution >= 0.6 is 0 Å². The minimum atomic E-state index is 0.0352. The van der Waals surface area contributed by atoms with Crippen LogP contribution < -0.4 is 14.8 Å². The van der Waals surface area contributed by atoms with Gasteiger partial charge >= 0.3 is 0 Å². The van der Waals surface area contributed by atoms with E-state index in [4.69, 9.17) is 9.47 Å². The zero-order chi connectivity index (χ0) is 18.9. The van der Waals surface area contributed by atoms with E-state index in [0.29, 0.717) is 44.4 Å². The highest BCUT2D eigenvalue weighted by molar-refractivity contribution is 6.06. The van der Waals surface area contributed by atoms with Crippen LogP contribution in [0.15, 0.2) is 41.4 Å². The van der Waals surface area contributed by atoms with Crippen LogP contribution in [0.5, 0.6) is 11.5 Å². The second kappa shape index (κ2) is 7.19. The molecule has 6 nitrogen and oxygen atoms in total. The number of aryl methyl sites for hydroxylation is 1. The molecule has 0 bridgehead atoms. The van der Waals surface area contributed by atoms with Crippen LogP contribution in [0.3, 0.4) is 0 Å². The van der Waals surface area contributed by atoms with Gasteiger partial charge in [0.15, 0.2) is 11.5 Å². The molecule has 144 valence electrons. The molecule has 2 aromatic carbocycles. The highest BCUT2D eigenvalue weighted by Crippen LogP contribution is 2.31. The summed E-state index contributed by atoms with van der Waals surface area (Å²) in [6.45, 7) is 2.34. The summed E-state index contributed by atoms with van der Waals surface area (Å²) in [5, 5.41) is 3.42. The highest BCUT2D eigenvalue weighted by Gasteiger charge is 2.26. The molecule has 0 unspecified atom stereocenters. The fraction of sp³-hybridized carbons (Fsp3) is 0.364. The predicted molar refractivity (Wildman–Crippen MR) is 107 cm³/mol. The lowest BCUT2D eigenvalue weighted by molar-refractivity contribution is -0.126. The number of carbonyl (C=O) groups is 1. The molecule has 1 amide bonds. The minimum Gasteiger partial charge on any atom is -0.486 e. The van der Waals surface area contributed by atoms with E-state index in [1.807, 2.05) is 18.2 Å². The molecule has 6 heteroatoms. The molecule has 28 heavy (non-hydrogen) atoms. The van der Waals surface area contributed by atoms with Gasteiger partial charge in [0, 0.05) is 12.2 Å². The lowest BCUT2D eigenvalue weighted by Crippen LogP contribution is -2.39. The molecule has 5 rings (SSSR count). The van der Waals surface area contributed by atoms with Gasteiger partial charge < -0.3 is 14.8 Å². The molecule has 0 saturated heterocycles. The quantitative estimate of drug-likeness (QED) is 0.893. The van der Waals surface area contributed by atoms with E-state index in [1.165, 1.54) is 17.5 Å². The summed E-state index contributed by atoms with van der Waals surface area (Å²) in [6.07, 6.45) is 3.71. The molecule has 1 aliphatic carbocycles. The van der Waals surface area contributed by atoms with E-state index in [9.17, 15) is 4.79 Å². The summed E-state index contributed by atoms with van der Waals surface area (Å²) in [5.41, 5.74) is 4.75. The SMILES string of the molecule is O=C(Cc1ccc2c(c1)OCCO2)N1CCN=C1Nc1cccc2c1CCC2. The lowest BCUT2D eigenvalue weighted by Gasteiger charge is -2.22. The Morgan fingerprint density at radius 1 is 1.11 bits per heavy atom. The number of benzene rings is 2. The van der Waals surface area contributed by atoms with Gasteiger partial charge in [-0.25, -0.2) is 0 Å². The van der Waals surface area contributed by atoms with E-state index in [2.05, 4.69) is 28.5 Å². The summed E-state index contributed by atoms with van der Waals surface area (Å²) in [4.78, 5) is 19.2. The Kier molecular flexibility index (Phi) is 4.39. The van der Waals surface area contributed by atoms with Crippen molar-refractivity contribution in [2.75, 3.05) is 31.6 Å². The average molecular weight is 377 g/mol. The average Bonchev–Trinajstić information content (AvgIpc) is 3.38. The van der Waals surface area contributed by atoms with Crippen molar-refractivity contribution in [3.05, 3.63) is 53.1 Å². The number of carbonyl (C=O) groups excluding carboxylic acids is 1. The maximum absolute atomic E-state index is 13.0. The van der Waals surface area contributed by atoms with Crippen molar-refractivity contribution in [2.24, 2.45) is 4.99 Å². The smallest absolute Gasteiger partial charge is 0.233 e. The first kappa shape index (κ1) is 17.1. The Bertz CT molecular complexity index is 954. The van der Waals surface area contributed by atoms with Crippen molar-refractivity contribution < 1.29 is 14.3 Å². The molecule has 2 heterocycles. The van der Waals surface area contributed by atoms with Gasteiger partial charge in [-0.3, -0.25) is 14.7 Å². The molecular formula is C22H23N3O3. The Hall–Kier alpha value is -3.02. The molecule has 1 N–H and O–H groups in total. The van der Waals surface area contributed by atoms with Gasteiger partial charge in [0.2, 0.25) is 11.9 Å². The van der Waals surface area contributed by atoms with Gasteiger partial charge in [-0.15, -0.1) is 0 Å². The van der Waals surface area contributed by atoms with Gasteiger partial charge in [0.05, 0.1) is 13.0 Å². The van der Waals surface area contributed by atoms with Crippen molar-refractivity contribution in [3.63, 3.8) is 0 Å². The van der Waals surface area contributed by atoms with Crippen LogP contribution in [-0.4, -0.2) is 43.1 Å². The van der Waals surface area contributed by atoms with Crippen molar-refractivity contribution in [1.82, 2.24) is 4.90 Å². The molecule has 0 radical (unpaired) electrons. The van der Waals surface area contributed by atoms with E-state index in [-0.39, 0.29) is 5.91 Å². The van der Waals surface area contributed by atoms with Gasteiger partial charge in [-0.1, -0.05) is 18.2 Å². The maximum atomic E-state index is 13.0. The predicted octanol–water partition coefficient (Wildman–Crippen LogP) is 2.80. The Morgan fingerprint density at radius 3 is 2.93 bits per heavy atom. The number of aliphatic imine (C=N–C) groups is 1. The van der Waals surface area contributed by atoms with E-state index in [0.717, 1.165) is 29.8 Å². The van der Waals surface area contributed by atoms with Crippen LogP contribution in [0.4, 0.5) is 5.69 Å². The third-order valence-electron chi connectivity index (χ3n) is 5.50. The second-order valence-corrected chi connectivity index (χ2v) is 7.33. The lowest BCUT2D eigenvalue weighted by atomic mass is 10.1. The Morgan fingerprint density at radius 2 is 2.00 bits per heavy atom. The number of guanidine groups is 1. The largest absolute Gasteiger partial charge is 0.486 e. The van der Waals surface area contributed by atoms with Crippen LogP contribution in [-0.2, 0) is 24.1 Å². The Balaban J connectivity index is 1.30. The third-order valence-corrected chi connectivity index (χ3v) is 5.50. The first-order chi connectivity index (χ1) is 13.8. The van der Waals surface area contributed by atoms with Crippen molar-refractivity contribution >= 4 is 17.6 Å². The Labute approximate surface area is 164 Å². The van der Waals surface area contributed by atoms with Crippen LogP contribution in [0.25, 0.3) is 0 Å². The number of amides is 1. The number of nitrogens with zero attached hydrogens (tertiary/aromatic N) is 2. The number of fused-ring (bicyclic) bond motifs is 2. The van der Waals surface area contributed by atoms with Gasteiger partial charge in [0.25, 0.3) is 0 Å². The summed E-state index contributed by atoms with van der Waals surface area (Å²) in [6, 6.07) is 12.0. The molecule has 3 aliphatic rings. The molecule has 2 aromatic rings. The molecular weight excluding hydrogens is 354 g/mol. The summed E-state index contributed by atoms with van der Waals surface area (Å²) in [7, 11) is 0. The summed E-state index contributed by atoms with van der Waals surface area (Å²) < 4.78 is 11.2. The van der Waals surface area contributed by atoms with Crippen molar-refractivity contribution in [1.29, 1.82) is 0 Å². The fourth-order valence-electron chi connectivity index (χ4n) is 4.12. The van der Waals surface area contributed by atoms with Gasteiger partial charge in [-0.05, 0) is 54.2 Å². The fourth-order valence-corrected chi connectivity index (χ4v) is 4.12. The second-order valence-electron chi connectivity index (χ2n) is 7.33. The maximum Gasteiger partial charge on any atom is 0.233 e. The standard InChI is InChI=1S/C22H23N3O3/c26-21(14-15-7-8-19-20(13-15)28-12-11-27-19)25-10-9-23-22(25)24-18-6-2-4-16-3-1-5-17(16)18/h2,4,6-8,13H,1,3,5,9-12,14H2,(H,23,24). The van der Waals surface area contributed by atoms with Crippen LogP contribution in [0, 0.1) is 0 Å². The van der Waals surface area contributed by atoms with Crippen LogP contribution in [0.2, 0.25) is 0 Å². The molecule has 0 atom stereocenters. The molecule has 0 spiro atoms. The highest BCUT2D eigenvalue weighted by atomic mass is 16.6. The van der Waals surface area contributed by atoms with Crippen LogP contribution in [0.1, 0.15) is 23.1 Å². The minimum absolute atomic E-state index is 0.0352. The number of hydrogen-bond donors (Lipinski definition) is 1. The normalized spacial score (nSPS) is 17.3. The first-order valence-corrected chi connectivity index (χ1v) is 9.89. The summed E-state index contributed by atoms with van der Waals surface area (Å²) >= 11 is 0. The third kappa shape index (κ3) is 3.19. The van der Waals surface area contributed by atoms with Crippen molar-refractivity contribution in [2.45, 2.75) is 25.7 Å². The van der Waals surface area contributed by atoms with Crippen molar-refractivity contribution in [3.8, 4) is 11.5 Å². The number of rotatable bonds is 3. The number of ether oxygens (including phenoxy) is 2. The molecule has 0 saturated carbocycles. The molecule has 2 aliphatic heterocycles. The van der Waals surface area contributed by atoms with Gasteiger partial charge in [0.1, 0.15) is 13.2 Å². The van der Waals surface area contributed by atoms with Gasteiger partial charge in [-0.2, -0.15) is 0 Å². The number of hydrogen-bond acceptors (Lipinski definition) is 5. The summed E-state index contributed by atoms with van der Waals surface area (Å²) in [5.74, 6) is 2.14. The monoisotopic (exact) mass is 377 g/mol. The topological polar surface area (TPSA) is 63.2 Å². The number of nitrogens with one attached hydrogen (secondary N) is 1. The molecule has 0 aromatic heterocycles. The van der Waals surface area contributed by atoms with E-state index in [1.54, 1.807) is 4.90 Å². The first-order valence-electron chi connectivity index (χ1n) is 9.89. The van der Waals surface area contributed by atoms with E-state index >= 15 is 0 Å². The zero-order valence-corrected chi connectivity index (χ0v) is 15.7.